The van der Waals surface area contributed by atoms with E-state index in [4.69, 9.17) is 16.0 Å². The van der Waals surface area contributed by atoms with Gasteiger partial charge in [-0.15, -0.1) is 0 Å². The molecule has 1 aromatic carbocycles. The van der Waals surface area contributed by atoms with E-state index in [-0.39, 0.29) is 11.9 Å². The number of hydrogen-bond acceptors (Lipinski definition) is 3. The van der Waals surface area contributed by atoms with Crippen LogP contribution in [0.4, 0.5) is 0 Å². The van der Waals surface area contributed by atoms with Crippen molar-refractivity contribution >= 4 is 17.5 Å². The van der Waals surface area contributed by atoms with Gasteiger partial charge in [0.25, 0.3) is 5.91 Å². The van der Waals surface area contributed by atoms with E-state index in [2.05, 4.69) is 10.2 Å². The molecule has 2 aliphatic heterocycles. The van der Waals surface area contributed by atoms with Gasteiger partial charge >= 0.3 is 0 Å². The summed E-state index contributed by atoms with van der Waals surface area (Å²) in [5.41, 5.74) is 0.912. The SMILES string of the molecule is O=C(N[C@@H]1C[C@H]2CCN(C2)C1)c1ccc(-c2ccc(Cl)cc2)o1. The maximum atomic E-state index is 12.4. The standard InChI is InChI=1S/C18H19ClN2O2/c19-14-3-1-13(2-4-14)16-5-6-17(23-16)18(22)20-15-9-12-7-8-21(10-12)11-15/h1-6,12,15H,7-11H2,(H,20,22)/t12-,15-/m1/s1. The lowest BCUT2D eigenvalue weighted by Crippen LogP contribution is -2.46. The Balaban J connectivity index is 1.44. The molecule has 1 N–H and O–H groups in total. The number of halogens is 1. The van der Waals surface area contributed by atoms with Gasteiger partial charge in [-0.25, -0.2) is 0 Å². The topological polar surface area (TPSA) is 45.5 Å². The summed E-state index contributed by atoms with van der Waals surface area (Å²) in [4.78, 5) is 14.8. The van der Waals surface area contributed by atoms with Crippen LogP contribution in [0, 0.1) is 5.92 Å². The van der Waals surface area contributed by atoms with E-state index in [1.807, 2.05) is 30.3 Å². The van der Waals surface area contributed by atoms with Crippen molar-refractivity contribution in [3.05, 3.63) is 47.2 Å². The number of hydrogen-bond donors (Lipinski definition) is 1. The molecule has 1 aromatic heterocycles. The molecule has 2 aromatic rings. The minimum atomic E-state index is -0.127. The molecular weight excluding hydrogens is 312 g/mol. The molecular formula is C18H19ClN2O2. The molecule has 23 heavy (non-hydrogen) atoms. The van der Waals surface area contributed by atoms with Gasteiger partial charge < -0.3 is 14.6 Å². The molecule has 5 heteroatoms. The molecule has 3 heterocycles. The molecule has 2 fully saturated rings. The van der Waals surface area contributed by atoms with Crippen LogP contribution in [0.1, 0.15) is 23.4 Å². The number of carbonyl (C=O) groups is 1. The third-order valence-corrected chi connectivity index (χ3v) is 5.01. The predicted molar refractivity (Wildman–Crippen MR) is 89.6 cm³/mol. The molecule has 1 unspecified atom stereocenters. The van der Waals surface area contributed by atoms with Crippen LogP contribution in [0.3, 0.4) is 0 Å². The molecule has 4 nitrogen and oxygen atoms in total. The van der Waals surface area contributed by atoms with E-state index in [0.29, 0.717) is 16.5 Å². The number of amides is 1. The van der Waals surface area contributed by atoms with Crippen LogP contribution in [-0.2, 0) is 0 Å². The summed E-state index contributed by atoms with van der Waals surface area (Å²) < 4.78 is 5.71. The van der Waals surface area contributed by atoms with E-state index in [1.165, 1.54) is 19.5 Å². The fourth-order valence-corrected chi connectivity index (χ4v) is 3.78. The smallest absolute Gasteiger partial charge is 0.287 e. The highest BCUT2D eigenvalue weighted by Gasteiger charge is 2.33. The first-order chi connectivity index (χ1) is 11.2. The second kappa shape index (κ2) is 6.02. The van der Waals surface area contributed by atoms with Crippen LogP contribution >= 0.6 is 11.6 Å². The molecule has 1 amide bonds. The largest absolute Gasteiger partial charge is 0.451 e. The Kier molecular flexibility index (Phi) is 3.87. The highest BCUT2D eigenvalue weighted by atomic mass is 35.5. The minimum absolute atomic E-state index is 0.127. The third-order valence-electron chi connectivity index (χ3n) is 4.76. The Morgan fingerprint density at radius 2 is 2.00 bits per heavy atom. The zero-order valence-corrected chi connectivity index (χ0v) is 13.6. The second-order valence-corrected chi connectivity index (χ2v) is 6.93. The number of furan rings is 1. The van der Waals surface area contributed by atoms with Gasteiger partial charge in [-0.1, -0.05) is 11.6 Å². The molecule has 0 radical (unpaired) electrons. The van der Waals surface area contributed by atoms with Gasteiger partial charge in [0, 0.05) is 29.7 Å². The second-order valence-electron chi connectivity index (χ2n) is 6.49. The molecule has 3 atom stereocenters. The van der Waals surface area contributed by atoms with Gasteiger partial charge in [-0.3, -0.25) is 4.79 Å². The average molecular weight is 331 g/mol. The summed E-state index contributed by atoms with van der Waals surface area (Å²) in [7, 11) is 0. The van der Waals surface area contributed by atoms with Crippen LogP contribution in [0.2, 0.25) is 5.02 Å². The van der Waals surface area contributed by atoms with Gasteiger partial charge in [-0.2, -0.15) is 0 Å². The van der Waals surface area contributed by atoms with Crippen molar-refractivity contribution in [3.63, 3.8) is 0 Å². The highest BCUT2D eigenvalue weighted by molar-refractivity contribution is 6.30. The summed E-state index contributed by atoms with van der Waals surface area (Å²) >= 11 is 5.89. The maximum Gasteiger partial charge on any atom is 0.287 e. The number of fused-ring (bicyclic) bond motifs is 2. The summed E-state index contributed by atoms with van der Waals surface area (Å²) in [5, 5.41) is 3.80. The van der Waals surface area contributed by atoms with Crippen molar-refractivity contribution < 1.29 is 9.21 Å². The Labute approximate surface area is 140 Å². The number of nitrogens with one attached hydrogen (secondary N) is 1. The minimum Gasteiger partial charge on any atom is -0.451 e. The molecule has 2 saturated heterocycles. The van der Waals surface area contributed by atoms with Crippen molar-refractivity contribution in [2.75, 3.05) is 19.6 Å². The van der Waals surface area contributed by atoms with Crippen LogP contribution in [-0.4, -0.2) is 36.5 Å². The van der Waals surface area contributed by atoms with Crippen LogP contribution < -0.4 is 5.32 Å². The zero-order valence-electron chi connectivity index (χ0n) is 12.8. The first-order valence-electron chi connectivity index (χ1n) is 8.06. The summed E-state index contributed by atoms with van der Waals surface area (Å²) in [6, 6.07) is 11.2. The number of benzene rings is 1. The lowest BCUT2D eigenvalue weighted by atomic mass is 9.97. The molecule has 0 aliphatic carbocycles. The normalized spacial score (nSPS) is 26.2. The zero-order chi connectivity index (χ0) is 15.8. The van der Waals surface area contributed by atoms with Gasteiger partial charge in [0.15, 0.2) is 5.76 Å². The van der Waals surface area contributed by atoms with Crippen LogP contribution in [0.25, 0.3) is 11.3 Å². The number of nitrogens with zero attached hydrogens (tertiary/aromatic N) is 1. The van der Waals surface area contributed by atoms with Crippen LogP contribution in [0.15, 0.2) is 40.8 Å². The number of carbonyl (C=O) groups excluding carboxylic acids is 1. The Hall–Kier alpha value is -1.78. The van der Waals surface area contributed by atoms with E-state index >= 15 is 0 Å². The van der Waals surface area contributed by atoms with E-state index < -0.39 is 0 Å². The fraction of sp³-hybridized carbons (Fsp3) is 0.389. The maximum absolute atomic E-state index is 12.4. The van der Waals surface area contributed by atoms with Gasteiger partial charge in [0.05, 0.1) is 0 Å². The molecule has 2 aliphatic rings. The fourth-order valence-electron chi connectivity index (χ4n) is 3.65. The Morgan fingerprint density at radius 1 is 1.17 bits per heavy atom. The molecule has 4 rings (SSSR count). The van der Waals surface area contributed by atoms with E-state index in [0.717, 1.165) is 24.4 Å². The molecule has 120 valence electrons. The van der Waals surface area contributed by atoms with Crippen molar-refractivity contribution in [2.24, 2.45) is 5.92 Å². The van der Waals surface area contributed by atoms with E-state index in [9.17, 15) is 4.79 Å². The van der Waals surface area contributed by atoms with Crippen molar-refractivity contribution in [2.45, 2.75) is 18.9 Å². The van der Waals surface area contributed by atoms with E-state index in [1.54, 1.807) is 6.07 Å². The van der Waals surface area contributed by atoms with Crippen molar-refractivity contribution in [1.29, 1.82) is 0 Å². The Bertz CT molecular complexity index is 698. The quantitative estimate of drug-likeness (QED) is 0.938. The monoisotopic (exact) mass is 330 g/mol. The lowest BCUT2D eigenvalue weighted by molar-refractivity contribution is 0.0882. The first kappa shape index (κ1) is 14.8. The van der Waals surface area contributed by atoms with Crippen LogP contribution in [0.5, 0.6) is 0 Å². The first-order valence-corrected chi connectivity index (χ1v) is 8.44. The van der Waals surface area contributed by atoms with Crippen molar-refractivity contribution in [1.82, 2.24) is 10.2 Å². The lowest BCUT2D eigenvalue weighted by Gasteiger charge is -2.30. The average Bonchev–Trinajstić information content (AvgIpc) is 3.15. The predicted octanol–water partition coefficient (Wildman–Crippen LogP) is 3.42. The Morgan fingerprint density at radius 3 is 2.78 bits per heavy atom. The van der Waals surface area contributed by atoms with Gasteiger partial charge in [0.2, 0.25) is 0 Å². The van der Waals surface area contributed by atoms with Gasteiger partial charge in [0.1, 0.15) is 5.76 Å². The molecule has 2 bridgehead atoms. The highest BCUT2D eigenvalue weighted by Crippen LogP contribution is 2.27. The van der Waals surface area contributed by atoms with Crippen molar-refractivity contribution in [3.8, 4) is 11.3 Å². The molecule has 0 saturated carbocycles. The molecule has 0 spiro atoms. The summed E-state index contributed by atoms with van der Waals surface area (Å²) in [6.45, 7) is 3.30. The number of rotatable bonds is 3. The third kappa shape index (κ3) is 3.14. The summed E-state index contributed by atoms with van der Waals surface area (Å²) in [5.74, 6) is 1.65. The van der Waals surface area contributed by atoms with Gasteiger partial charge in [-0.05, 0) is 61.7 Å². The summed E-state index contributed by atoms with van der Waals surface area (Å²) in [6.07, 6.45) is 2.33. The number of piperidine rings is 1.